The second-order valence-corrected chi connectivity index (χ2v) is 2.88. The van der Waals surface area contributed by atoms with Gasteiger partial charge in [0.25, 0.3) is 0 Å². The summed E-state index contributed by atoms with van der Waals surface area (Å²) >= 11 is 0. The van der Waals surface area contributed by atoms with Gasteiger partial charge in [0.15, 0.2) is 0 Å². The van der Waals surface area contributed by atoms with Gasteiger partial charge in [-0.2, -0.15) is 0 Å². The fraction of sp³-hybridized carbons (Fsp3) is 0.125. The molecule has 4 nitrogen and oxygen atoms in total. The number of carbonyl (C=O) groups is 1. The highest BCUT2D eigenvalue weighted by atomic mass is 16.5. The molecule has 13 heavy (non-hydrogen) atoms. The highest BCUT2D eigenvalue weighted by Crippen LogP contribution is 2.11. The van der Waals surface area contributed by atoms with E-state index in [1.807, 2.05) is 0 Å². The standard InChI is InChI=1S/C8H7BO4/c10-8(11)5-1-2-7-6(3-5)4-13-9(7)12/h1-3,12H,4H2,(H,10,11). The Morgan fingerprint density at radius 2 is 2.31 bits per heavy atom. The Labute approximate surface area is 74.9 Å². The van der Waals surface area contributed by atoms with Crippen molar-refractivity contribution in [3.8, 4) is 0 Å². The van der Waals surface area contributed by atoms with Gasteiger partial charge in [-0.05, 0) is 23.2 Å². The molecule has 0 saturated carbocycles. The number of carboxylic acid groups (broad SMARTS) is 1. The van der Waals surface area contributed by atoms with E-state index in [0.29, 0.717) is 5.46 Å². The summed E-state index contributed by atoms with van der Waals surface area (Å²) < 4.78 is 4.92. The Hall–Kier alpha value is -1.33. The maximum atomic E-state index is 10.6. The Balaban J connectivity index is 2.45. The van der Waals surface area contributed by atoms with Crippen molar-refractivity contribution in [1.29, 1.82) is 0 Å². The van der Waals surface area contributed by atoms with Crippen molar-refractivity contribution in [3.63, 3.8) is 0 Å². The second kappa shape index (κ2) is 2.87. The zero-order valence-electron chi connectivity index (χ0n) is 6.73. The van der Waals surface area contributed by atoms with Crippen LogP contribution in [0.1, 0.15) is 15.9 Å². The first kappa shape index (κ1) is 8.28. The van der Waals surface area contributed by atoms with E-state index < -0.39 is 13.1 Å². The van der Waals surface area contributed by atoms with Crippen LogP contribution in [0.4, 0.5) is 0 Å². The predicted octanol–water partition coefficient (Wildman–Crippen LogP) is -0.397. The molecule has 5 heteroatoms. The fourth-order valence-corrected chi connectivity index (χ4v) is 1.36. The molecule has 0 atom stereocenters. The van der Waals surface area contributed by atoms with E-state index in [4.69, 9.17) is 9.76 Å². The van der Waals surface area contributed by atoms with Gasteiger partial charge in [-0.3, -0.25) is 0 Å². The SMILES string of the molecule is O=C(O)c1ccc2c(c1)COB2O. The molecule has 0 fully saturated rings. The van der Waals surface area contributed by atoms with Crippen molar-refractivity contribution in [2.24, 2.45) is 0 Å². The van der Waals surface area contributed by atoms with E-state index in [-0.39, 0.29) is 12.2 Å². The second-order valence-electron chi connectivity index (χ2n) is 2.88. The minimum Gasteiger partial charge on any atom is -0.478 e. The molecule has 0 aliphatic carbocycles. The van der Waals surface area contributed by atoms with Crippen molar-refractivity contribution >= 4 is 18.6 Å². The highest BCUT2D eigenvalue weighted by molar-refractivity contribution is 6.61. The molecule has 1 aromatic carbocycles. The van der Waals surface area contributed by atoms with Gasteiger partial charge < -0.3 is 14.8 Å². The maximum Gasteiger partial charge on any atom is 0.491 e. The Kier molecular flexibility index (Phi) is 1.83. The summed E-state index contributed by atoms with van der Waals surface area (Å²) in [6.07, 6.45) is 0. The number of hydrogen-bond donors (Lipinski definition) is 2. The van der Waals surface area contributed by atoms with Crippen molar-refractivity contribution in [1.82, 2.24) is 0 Å². The first-order chi connectivity index (χ1) is 6.18. The van der Waals surface area contributed by atoms with Gasteiger partial charge >= 0.3 is 13.1 Å². The fourth-order valence-electron chi connectivity index (χ4n) is 1.36. The van der Waals surface area contributed by atoms with E-state index in [2.05, 4.69) is 0 Å². The number of hydrogen-bond acceptors (Lipinski definition) is 3. The average Bonchev–Trinajstić information content (AvgIpc) is 2.47. The van der Waals surface area contributed by atoms with Crippen LogP contribution in [-0.4, -0.2) is 23.2 Å². The van der Waals surface area contributed by atoms with E-state index in [9.17, 15) is 9.82 Å². The topological polar surface area (TPSA) is 66.8 Å². The third-order valence-electron chi connectivity index (χ3n) is 2.05. The van der Waals surface area contributed by atoms with Crippen LogP contribution in [-0.2, 0) is 11.3 Å². The first-order valence-electron chi connectivity index (χ1n) is 3.84. The van der Waals surface area contributed by atoms with Crippen LogP contribution in [0.15, 0.2) is 18.2 Å². The zero-order chi connectivity index (χ0) is 9.42. The van der Waals surface area contributed by atoms with Gasteiger partial charge in [-0.1, -0.05) is 6.07 Å². The molecule has 1 aliphatic heterocycles. The van der Waals surface area contributed by atoms with Crippen molar-refractivity contribution < 1.29 is 19.6 Å². The van der Waals surface area contributed by atoms with Gasteiger partial charge in [0.2, 0.25) is 0 Å². The summed E-state index contributed by atoms with van der Waals surface area (Å²) in [7, 11) is -0.905. The summed E-state index contributed by atoms with van der Waals surface area (Å²) in [5.41, 5.74) is 1.62. The van der Waals surface area contributed by atoms with Gasteiger partial charge in [0, 0.05) is 0 Å². The van der Waals surface area contributed by atoms with Crippen LogP contribution in [0.3, 0.4) is 0 Å². The summed E-state index contributed by atoms with van der Waals surface area (Å²) in [5.74, 6) is -0.968. The lowest BCUT2D eigenvalue weighted by Gasteiger charge is -1.98. The van der Waals surface area contributed by atoms with Gasteiger partial charge in [0.1, 0.15) is 0 Å². The molecule has 2 rings (SSSR count). The minimum absolute atomic E-state index is 0.219. The number of aromatic carboxylic acids is 1. The molecule has 2 N–H and O–H groups in total. The van der Waals surface area contributed by atoms with Gasteiger partial charge in [-0.25, -0.2) is 4.79 Å². The molecule has 0 saturated heterocycles. The largest absolute Gasteiger partial charge is 0.491 e. The third kappa shape index (κ3) is 1.32. The van der Waals surface area contributed by atoms with Crippen molar-refractivity contribution in [3.05, 3.63) is 29.3 Å². The average molecular weight is 178 g/mol. The van der Waals surface area contributed by atoms with E-state index >= 15 is 0 Å². The number of benzene rings is 1. The van der Waals surface area contributed by atoms with Crippen molar-refractivity contribution in [2.75, 3.05) is 0 Å². The van der Waals surface area contributed by atoms with Crippen LogP contribution in [0.5, 0.6) is 0 Å². The molecular weight excluding hydrogens is 171 g/mol. The maximum absolute atomic E-state index is 10.6. The molecule has 0 aromatic heterocycles. The zero-order valence-corrected chi connectivity index (χ0v) is 6.73. The lowest BCUT2D eigenvalue weighted by atomic mass is 9.79. The minimum atomic E-state index is -0.968. The predicted molar refractivity (Wildman–Crippen MR) is 45.8 cm³/mol. The Morgan fingerprint density at radius 3 is 3.00 bits per heavy atom. The molecule has 1 aliphatic rings. The summed E-state index contributed by atoms with van der Waals surface area (Å²) in [6.45, 7) is 0.275. The monoisotopic (exact) mass is 178 g/mol. The lowest BCUT2D eigenvalue weighted by Crippen LogP contribution is -2.28. The Bertz CT molecular complexity index is 363. The third-order valence-corrected chi connectivity index (χ3v) is 2.05. The van der Waals surface area contributed by atoms with E-state index in [1.165, 1.54) is 12.1 Å². The Morgan fingerprint density at radius 1 is 1.54 bits per heavy atom. The van der Waals surface area contributed by atoms with Gasteiger partial charge in [0.05, 0.1) is 12.2 Å². The molecule has 0 spiro atoms. The first-order valence-corrected chi connectivity index (χ1v) is 3.84. The van der Waals surface area contributed by atoms with Crippen LogP contribution in [0.2, 0.25) is 0 Å². The number of rotatable bonds is 1. The summed E-state index contributed by atoms with van der Waals surface area (Å²) in [6, 6.07) is 4.56. The van der Waals surface area contributed by atoms with Crippen LogP contribution in [0.25, 0.3) is 0 Å². The lowest BCUT2D eigenvalue weighted by molar-refractivity contribution is 0.0697. The number of carboxylic acids is 1. The van der Waals surface area contributed by atoms with Crippen LogP contribution in [0, 0.1) is 0 Å². The molecular formula is C8H7BO4. The molecule has 0 bridgehead atoms. The normalized spacial score (nSPS) is 14.4. The molecule has 0 radical (unpaired) electrons. The van der Waals surface area contributed by atoms with Crippen LogP contribution < -0.4 is 5.46 Å². The smallest absolute Gasteiger partial charge is 0.478 e. The van der Waals surface area contributed by atoms with Gasteiger partial charge in [-0.15, -0.1) is 0 Å². The molecule has 66 valence electrons. The number of fused-ring (bicyclic) bond motifs is 1. The molecule has 1 aromatic rings. The molecule has 0 amide bonds. The summed E-state index contributed by atoms with van der Waals surface area (Å²) in [4.78, 5) is 10.6. The van der Waals surface area contributed by atoms with E-state index in [1.54, 1.807) is 6.07 Å². The van der Waals surface area contributed by atoms with Crippen LogP contribution >= 0.6 is 0 Å². The highest BCUT2D eigenvalue weighted by Gasteiger charge is 2.27. The summed E-state index contributed by atoms with van der Waals surface area (Å²) in [5, 5.41) is 17.9. The van der Waals surface area contributed by atoms with Crippen molar-refractivity contribution in [2.45, 2.75) is 6.61 Å². The van der Waals surface area contributed by atoms with E-state index in [0.717, 1.165) is 5.56 Å². The molecule has 0 unspecified atom stereocenters. The molecule has 1 heterocycles. The quantitative estimate of drug-likeness (QED) is 0.574.